The van der Waals surface area contributed by atoms with Gasteiger partial charge in [-0.2, -0.15) is 5.26 Å². The lowest BCUT2D eigenvalue weighted by atomic mass is 10.1. The number of likely N-dealkylation sites (N-methyl/N-ethyl adjacent to an activating group) is 1. The Morgan fingerprint density at radius 3 is 2.80 bits per heavy atom. The molecule has 0 aliphatic heterocycles. The topological polar surface area (TPSA) is 47.3 Å². The van der Waals surface area contributed by atoms with Gasteiger partial charge < -0.3 is 10.0 Å². The largest absolute Gasteiger partial charge is 0.392 e. The summed E-state index contributed by atoms with van der Waals surface area (Å²) in [5.74, 6) is 0. The van der Waals surface area contributed by atoms with E-state index in [1.54, 1.807) is 37.1 Å². The third-order valence-corrected chi connectivity index (χ3v) is 2.33. The van der Waals surface area contributed by atoms with Crippen LogP contribution in [0.15, 0.2) is 18.2 Å². The van der Waals surface area contributed by atoms with Crippen molar-refractivity contribution in [3.05, 3.63) is 28.8 Å². The lowest BCUT2D eigenvalue weighted by Gasteiger charge is -2.22. The Hall–Kier alpha value is -1.24. The number of rotatable bonds is 3. The van der Waals surface area contributed by atoms with Crippen molar-refractivity contribution < 1.29 is 5.11 Å². The van der Waals surface area contributed by atoms with E-state index in [1.165, 1.54) is 0 Å². The maximum Gasteiger partial charge on any atom is 0.101 e. The molecule has 0 saturated heterocycles. The van der Waals surface area contributed by atoms with Crippen molar-refractivity contribution in [1.82, 2.24) is 0 Å². The molecule has 0 spiro atoms. The summed E-state index contributed by atoms with van der Waals surface area (Å²) in [7, 11) is 1.80. The Bertz CT molecular complexity index is 385. The molecule has 1 atom stereocenters. The van der Waals surface area contributed by atoms with E-state index in [0.717, 1.165) is 0 Å². The van der Waals surface area contributed by atoms with E-state index in [-0.39, 0.29) is 0 Å². The van der Waals surface area contributed by atoms with Crippen molar-refractivity contribution in [3.63, 3.8) is 0 Å². The SMILES string of the molecule is C[C@@H](O)CN(C)c1c(Cl)cccc1C#N. The molecule has 0 aliphatic rings. The number of para-hydroxylation sites is 1. The lowest BCUT2D eigenvalue weighted by Crippen LogP contribution is -2.27. The first-order chi connectivity index (χ1) is 7.06. The molecule has 15 heavy (non-hydrogen) atoms. The van der Waals surface area contributed by atoms with Crippen molar-refractivity contribution >= 4 is 17.3 Å². The van der Waals surface area contributed by atoms with Crippen molar-refractivity contribution in [3.8, 4) is 6.07 Å². The first-order valence-corrected chi connectivity index (χ1v) is 5.02. The van der Waals surface area contributed by atoms with Crippen LogP contribution in [0.1, 0.15) is 12.5 Å². The predicted molar refractivity (Wildman–Crippen MR) is 61.1 cm³/mol. The molecule has 1 rings (SSSR count). The van der Waals surface area contributed by atoms with E-state index >= 15 is 0 Å². The molecular formula is C11H13ClN2O. The van der Waals surface area contributed by atoms with Gasteiger partial charge in [-0.1, -0.05) is 17.7 Å². The highest BCUT2D eigenvalue weighted by atomic mass is 35.5. The fourth-order valence-electron chi connectivity index (χ4n) is 1.48. The molecule has 0 radical (unpaired) electrons. The van der Waals surface area contributed by atoms with Crippen LogP contribution in [0.3, 0.4) is 0 Å². The van der Waals surface area contributed by atoms with Gasteiger partial charge in [0, 0.05) is 13.6 Å². The summed E-state index contributed by atoms with van der Waals surface area (Å²) in [5, 5.41) is 18.7. The zero-order chi connectivity index (χ0) is 11.4. The molecule has 1 aromatic carbocycles. The number of nitrogens with zero attached hydrogens (tertiary/aromatic N) is 2. The second-order valence-corrected chi connectivity index (χ2v) is 3.88. The molecule has 4 heteroatoms. The zero-order valence-corrected chi connectivity index (χ0v) is 9.49. The average molecular weight is 225 g/mol. The fraction of sp³-hybridized carbons (Fsp3) is 0.364. The van der Waals surface area contributed by atoms with Crippen LogP contribution in [-0.2, 0) is 0 Å². The monoisotopic (exact) mass is 224 g/mol. The van der Waals surface area contributed by atoms with E-state index in [9.17, 15) is 5.11 Å². The standard InChI is InChI=1S/C11H13ClN2O/c1-8(15)7-14(2)11-9(6-13)4-3-5-10(11)12/h3-5,8,15H,7H2,1-2H3/t8-/m1/s1. The normalized spacial score (nSPS) is 11.9. The Labute approximate surface area is 94.5 Å². The van der Waals surface area contributed by atoms with Gasteiger partial charge in [-0.25, -0.2) is 0 Å². The van der Waals surface area contributed by atoms with Gasteiger partial charge in [0.1, 0.15) is 6.07 Å². The second kappa shape index (κ2) is 5.01. The van der Waals surface area contributed by atoms with Gasteiger partial charge in [0.2, 0.25) is 0 Å². The van der Waals surface area contributed by atoms with Gasteiger partial charge >= 0.3 is 0 Å². The van der Waals surface area contributed by atoms with Crippen molar-refractivity contribution in [2.24, 2.45) is 0 Å². The van der Waals surface area contributed by atoms with Crippen LogP contribution in [0.2, 0.25) is 5.02 Å². The first-order valence-electron chi connectivity index (χ1n) is 4.64. The highest BCUT2D eigenvalue weighted by molar-refractivity contribution is 6.33. The summed E-state index contributed by atoms with van der Waals surface area (Å²) in [5.41, 5.74) is 1.19. The van der Waals surface area contributed by atoms with E-state index in [2.05, 4.69) is 6.07 Å². The summed E-state index contributed by atoms with van der Waals surface area (Å²) in [6, 6.07) is 7.26. The summed E-state index contributed by atoms with van der Waals surface area (Å²) >= 11 is 6.01. The molecule has 0 saturated carbocycles. The number of aliphatic hydroxyl groups is 1. The molecule has 1 N–H and O–H groups in total. The molecule has 0 unspecified atom stereocenters. The van der Waals surface area contributed by atoms with Crippen molar-refractivity contribution in [1.29, 1.82) is 5.26 Å². The van der Waals surface area contributed by atoms with Crippen LogP contribution in [0, 0.1) is 11.3 Å². The minimum Gasteiger partial charge on any atom is -0.392 e. The van der Waals surface area contributed by atoms with Gasteiger partial charge in [0.05, 0.1) is 22.4 Å². The Balaban J connectivity index is 3.07. The van der Waals surface area contributed by atoms with Gasteiger partial charge in [-0.15, -0.1) is 0 Å². The van der Waals surface area contributed by atoms with E-state index < -0.39 is 6.10 Å². The summed E-state index contributed by atoms with van der Waals surface area (Å²) in [6.07, 6.45) is -0.460. The predicted octanol–water partition coefficient (Wildman–Crippen LogP) is 2.03. The molecule has 0 amide bonds. The second-order valence-electron chi connectivity index (χ2n) is 3.48. The van der Waals surface area contributed by atoms with Gasteiger partial charge in [-0.3, -0.25) is 0 Å². The summed E-state index contributed by atoms with van der Waals surface area (Å²) in [4.78, 5) is 1.78. The van der Waals surface area contributed by atoms with Crippen LogP contribution in [0.4, 0.5) is 5.69 Å². The van der Waals surface area contributed by atoms with Crippen LogP contribution in [-0.4, -0.2) is 24.8 Å². The van der Waals surface area contributed by atoms with Crippen molar-refractivity contribution in [2.75, 3.05) is 18.5 Å². The molecule has 0 fully saturated rings. The molecule has 1 aromatic rings. The average Bonchev–Trinajstić information content (AvgIpc) is 2.15. The highest BCUT2D eigenvalue weighted by Gasteiger charge is 2.12. The van der Waals surface area contributed by atoms with Gasteiger partial charge in [-0.05, 0) is 19.1 Å². The lowest BCUT2D eigenvalue weighted by molar-refractivity contribution is 0.201. The fourth-order valence-corrected chi connectivity index (χ4v) is 1.80. The minimum atomic E-state index is -0.460. The number of anilines is 1. The maximum absolute atomic E-state index is 9.27. The molecule has 0 aromatic heterocycles. The molecule has 80 valence electrons. The third-order valence-electron chi connectivity index (χ3n) is 2.03. The smallest absolute Gasteiger partial charge is 0.101 e. The highest BCUT2D eigenvalue weighted by Crippen LogP contribution is 2.28. The number of nitriles is 1. The molecule has 0 heterocycles. The molecule has 3 nitrogen and oxygen atoms in total. The Morgan fingerprint density at radius 2 is 2.27 bits per heavy atom. The molecule has 0 bridgehead atoms. The number of aliphatic hydroxyl groups excluding tert-OH is 1. The van der Waals surface area contributed by atoms with Crippen LogP contribution < -0.4 is 4.90 Å². The van der Waals surface area contributed by atoms with Gasteiger partial charge in [0.15, 0.2) is 0 Å². The Morgan fingerprint density at radius 1 is 1.60 bits per heavy atom. The van der Waals surface area contributed by atoms with Crippen molar-refractivity contribution in [2.45, 2.75) is 13.0 Å². The van der Waals surface area contributed by atoms with Gasteiger partial charge in [0.25, 0.3) is 0 Å². The quantitative estimate of drug-likeness (QED) is 0.855. The van der Waals surface area contributed by atoms with E-state index in [4.69, 9.17) is 16.9 Å². The van der Waals surface area contributed by atoms with Crippen LogP contribution in [0.25, 0.3) is 0 Å². The number of benzene rings is 1. The van der Waals surface area contributed by atoms with E-state index in [0.29, 0.717) is 22.8 Å². The summed E-state index contributed by atoms with van der Waals surface area (Å²) in [6.45, 7) is 2.14. The first kappa shape index (κ1) is 11.8. The van der Waals surface area contributed by atoms with Crippen LogP contribution >= 0.6 is 11.6 Å². The third kappa shape index (κ3) is 2.85. The molecule has 0 aliphatic carbocycles. The number of hydrogen-bond acceptors (Lipinski definition) is 3. The summed E-state index contributed by atoms with van der Waals surface area (Å²) < 4.78 is 0. The minimum absolute atomic E-state index is 0.443. The number of hydrogen-bond donors (Lipinski definition) is 1. The Kier molecular flexibility index (Phi) is 3.96. The molecular weight excluding hydrogens is 212 g/mol. The number of halogens is 1. The van der Waals surface area contributed by atoms with E-state index in [1.807, 2.05) is 0 Å². The maximum atomic E-state index is 9.27. The van der Waals surface area contributed by atoms with Crippen LogP contribution in [0.5, 0.6) is 0 Å². The zero-order valence-electron chi connectivity index (χ0n) is 8.74.